The van der Waals surface area contributed by atoms with Crippen molar-refractivity contribution in [2.24, 2.45) is 0 Å². The number of aromatic amines is 1. The summed E-state index contributed by atoms with van der Waals surface area (Å²) in [5, 5.41) is 0.815. The molecule has 1 N–H and O–H groups in total. The molecule has 2 rings (SSSR count). The van der Waals surface area contributed by atoms with E-state index in [1.54, 1.807) is 12.3 Å². The second-order valence-electron chi connectivity index (χ2n) is 3.63. The molecule has 3 nitrogen and oxygen atoms in total. The fourth-order valence-electron chi connectivity index (χ4n) is 1.71. The van der Waals surface area contributed by atoms with Crippen molar-refractivity contribution in [1.29, 1.82) is 0 Å². The summed E-state index contributed by atoms with van der Waals surface area (Å²) >= 11 is 0. The highest BCUT2D eigenvalue weighted by atomic mass is 16.1. The van der Waals surface area contributed by atoms with Gasteiger partial charge in [-0.25, -0.2) is 0 Å². The second-order valence-corrected chi connectivity index (χ2v) is 3.63. The van der Waals surface area contributed by atoms with Gasteiger partial charge < -0.3 is 4.98 Å². The molecule has 0 spiro atoms. The summed E-state index contributed by atoms with van der Waals surface area (Å²) in [7, 11) is 0. The molecule has 76 valence electrons. The normalized spacial score (nSPS) is 10.5. The zero-order valence-electron chi connectivity index (χ0n) is 8.63. The summed E-state index contributed by atoms with van der Waals surface area (Å²) in [4.78, 5) is 25.1. The van der Waals surface area contributed by atoms with E-state index in [1.807, 2.05) is 13.0 Å². The number of Topliss-reactive ketones (excluding diaryl/α,β-unsaturated/α-hetero) is 1. The monoisotopic (exact) mass is 201 g/mol. The lowest BCUT2D eigenvalue weighted by Crippen LogP contribution is -1.91. The number of hydrogen-bond acceptors (Lipinski definition) is 2. The Labute approximate surface area is 87.1 Å². The van der Waals surface area contributed by atoms with Crippen molar-refractivity contribution in [3.8, 4) is 0 Å². The summed E-state index contributed by atoms with van der Waals surface area (Å²) in [5.41, 5.74) is 3.07. The van der Waals surface area contributed by atoms with Crippen molar-refractivity contribution in [1.82, 2.24) is 4.98 Å². The van der Waals surface area contributed by atoms with Crippen LogP contribution in [0.4, 0.5) is 0 Å². The average Bonchev–Trinajstić information content (AvgIpc) is 2.59. The van der Waals surface area contributed by atoms with E-state index >= 15 is 0 Å². The molecule has 0 aliphatic rings. The summed E-state index contributed by atoms with van der Waals surface area (Å²) in [6.07, 6.45) is 2.49. The molecular weight excluding hydrogens is 190 g/mol. The standard InChI is InChI=1S/C12H11NO2/c1-7-3-12-10(4-9(7)6-14)11(5-13-12)8(2)15/h3-6,13H,1-2H3. The van der Waals surface area contributed by atoms with Gasteiger partial charge in [-0.05, 0) is 31.5 Å². The quantitative estimate of drug-likeness (QED) is 0.599. The fourth-order valence-corrected chi connectivity index (χ4v) is 1.71. The molecule has 0 fully saturated rings. The van der Waals surface area contributed by atoms with Crippen LogP contribution in [0.25, 0.3) is 10.9 Å². The predicted octanol–water partition coefficient (Wildman–Crippen LogP) is 2.49. The molecule has 0 aliphatic carbocycles. The van der Waals surface area contributed by atoms with Crippen LogP contribution in [0.15, 0.2) is 18.3 Å². The highest BCUT2D eigenvalue weighted by Crippen LogP contribution is 2.22. The molecule has 0 saturated carbocycles. The first-order chi connectivity index (χ1) is 7.13. The van der Waals surface area contributed by atoms with Crippen molar-refractivity contribution in [2.45, 2.75) is 13.8 Å². The SMILES string of the molecule is CC(=O)c1c[nH]c2cc(C)c(C=O)cc12. The molecular formula is C12H11NO2. The van der Waals surface area contributed by atoms with E-state index in [0.717, 1.165) is 22.8 Å². The largest absolute Gasteiger partial charge is 0.360 e. The van der Waals surface area contributed by atoms with E-state index in [2.05, 4.69) is 4.98 Å². The van der Waals surface area contributed by atoms with Crippen LogP contribution in [0, 0.1) is 6.92 Å². The van der Waals surface area contributed by atoms with E-state index in [4.69, 9.17) is 0 Å². The van der Waals surface area contributed by atoms with Crippen LogP contribution >= 0.6 is 0 Å². The van der Waals surface area contributed by atoms with Crippen molar-refractivity contribution in [2.75, 3.05) is 0 Å². The number of carbonyl (C=O) groups is 2. The minimum absolute atomic E-state index is 0.00181. The van der Waals surface area contributed by atoms with Gasteiger partial charge in [0.25, 0.3) is 0 Å². The summed E-state index contributed by atoms with van der Waals surface area (Å²) < 4.78 is 0. The van der Waals surface area contributed by atoms with Gasteiger partial charge >= 0.3 is 0 Å². The summed E-state index contributed by atoms with van der Waals surface area (Å²) in [6.45, 7) is 3.39. The van der Waals surface area contributed by atoms with Gasteiger partial charge in [-0.15, -0.1) is 0 Å². The molecule has 15 heavy (non-hydrogen) atoms. The van der Waals surface area contributed by atoms with Gasteiger partial charge in [0.05, 0.1) is 0 Å². The molecule has 0 saturated heterocycles. The Hall–Kier alpha value is -1.90. The molecule has 0 bridgehead atoms. The number of nitrogens with one attached hydrogen (secondary N) is 1. The van der Waals surface area contributed by atoms with E-state index in [-0.39, 0.29) is 5.78 Å². The van der Waals surface area contributed by atoms with Gasteiger partial charge in [0.15, 0.2) is 5.78 Å². The first-order valence-corrected chi connectivity index (χ1v) is 4.71. The van der Waals surface area contributed by atoms with Gasteiger partial charge in [0.2, 0.25) is 0 Å². The number of aromatic nitrogens is 1. The Bertz CT molecular complexity index is 552. The third kappa shape index (κ3) is 1.46. The highest BCUT2D eigenvalue weighted by molar-refractivity contribution is 6.07. The zero-order chi connectivity index (χ0) is 11.0. The number of rotatable bonds is 2. The maximum Gasteiger partial charge on any atom is 0.161 e. The number of carbonyl (C=O) groups excluding carboxylic acids is 2. The van der Waals surface area contributed by atoms with Crippen molar-refractivity contribution < 1.29 is 9.59 Å². The van der Waals surface area contributed by atoms with Gasteiger partial charge in [0, 0.05) is 28.2 Å². The van der Waals surface area contributed by atoms with Crippen molar-refractivity contribution in [3.05, 3.63) is 35.0 Å². The Morgan fingerprint density at radius 1 is 1.40 bits per heavy atom. The molecule has 1 aromatic heterocycles. The van der Waals surface area contributed by atoms with Crippen LogP contribution in [0.2, 0.25) is 0 Å². The van der Waals surface area contributed by atoms with Crippen LogP contribution in [0.3, 0.4) is 0 Å². The van der Waals surface area contributed by atoms with E-state index in [9.17, 15) is 9.59 Å². The van der Waals surface area contributed by atoms with Crippen LogP contribution in [0.5, 0.6) is 0 Å². The van der Waals surface area contributed by atoms with Crippen LogP contribution in [-0.2, 0) is 0 Å². The molecule has 1 aromatic carbocycles. The molecule has 0 atom stereocenters. The number of benzene rings is 1. The average molecular weight is 201 g/mol. The Morgan fingerprint density at radius 3 is 2.73 bits per heavy atom. The maximum atomic E-state index is 11.3. The van der Waals surface area contributed by atoms with E-state index in [1.165, 1.54) is 6.92 Å². The number of fused-ring (bicyclic) bond motifs is 1. The lowest BCUT2D eigenvalue weighted by atomic mass is 10.0. The molecule has 3 heteroatoms. The first-order valence-electron chi connectivity index (χ1n) is 4.71. The van der Waals surface area contributed by atoms with Crippen molar-refractivity contribution >= 4 is 23.0 Å². The van der Waals surface area contributed by atoms with Crippen LogP contribution < -0.4 is 0 Å². The Morgan fingerprint density at radius 2 is 2.13 bits per heavy atom. The molecule has 0 unspecified atom stereocenters. The Balaban J connectivity index is 2.80. The third-order valence-electron chi connectivity index (χ3n) is 2.57. The zero-order valence-corrected chi connectivity index (χ0v) is 8.63. The minimum atomic E-state index is 0.00181. The van der Waals surface area contributed by atoms with E-state index in [0.29, 0.717) is 11.1 Å². The number of H-pyrrole nitrogens is 1. The smallest absolute Gasteiger partial charge is 0.161 e. The van der Waals surface area contributed by atoms with Gasteiger partial charge in [-0.2, -0.15) is 0 Å². The first kappa shape index (κ1) is 9.65. The lowest BCUT2D eigenvalue weighted by molar-refractivity contribution is 0.101. The predicted molar refractivity (Wildman–Crippen MR) is 58.4 cm³/mol. The summed E-state index contributed by atoms with van der Waals surface area (Å²) in [6, 6.07) is 3.64. The fraction of sp³-hybridized carbons (Fsp3) is 0.167. The molecule has 1 heterocycles. The van der Waals surface area contributed by atoms with Crippen molar-refractivity contribution in [3.63, 3.8) is 0 Å². The third-order valence-corrected chi connectivity index (χ3v) is 2.57. The topological polar surface area (TPSA) is 49.9 Å². The highest BCUT2D eigenvalue weighted by Gasteiger charge is 2.09. The number of hydrogen-bond donors (Lipinski definition) is 1. The second kappa shape index (κ2) is 3.35. The molecule has 0 amide bonds. The summed E-state index contributed by atoms with van der Waals surface area (Å²) in [5.74, 6) is 0.00181. The van der Waals surface area contributed by atoms with Gasteiger partial charge in [0.1, 0.15) is 6.29 Å². The van der Waals surface area contributed by atoms with E-state index < -0.39 is 0 Å². The molecule has 0 radical (unpaired) electrons. The van der Waals surface area contributed by atoms with Crippen LogP contribution in [-0.4, -0.2) is 17.1 Å². The number of ketones is 1. The maximum absolute atomic E-state index is 11.3. The molecule has 2 aromatic rings. The lowest BCUT2D eigenvalue weighted by Gasteiger charge is -1.99. The number of aryl methyl sites for hydroxylation is 1. The van der Waals surface area contributed by atoms with Gasteiger partial charge in [-0.1, -0.05) is 0 Å². The van der Waals surface area contributed by atoms with Gasteiger partial charge in [-0.3, -0.25) is 9.59 Å². The number of aldehydes is 1. The Kier molecular flexibility index (Phi) is 2.15. The van der Waals surface area contributed by atoms with Crippen LogP contribution in [0.1, 0.15) is 33.2 Å². The molecule has 0 aliphatic heterocycles. The minimum Gasteiger partial charge on any atom is -0.360 e.